The number of fused-ring (bicyclic) bond motifs is 3. The zero-order chi connectivity index (χ0) is 19.8. The highest BCUT2D eigenvalue weighted by molar-refractivity contribution is 7.89. The summed E-state index contributed by atoms with van der Waals surface area (Å²) in [6.07, 6.45) is 3.91. The third-order valence-corrected chi connectivity index (χ3v) is 5.79. The van der Waals surface area contributed by atoms with Crippen molar-refractivity contribution in [1.29, 1.82) is 0 Å². The van der Waals surface area contributed by atoms with Gasteiger partial charge in [0.25, 0.3) is 0 Å². The number of rotatable bonds is 6. The lowest BCUT2D eigenvalue weighted by Crippen LogP contribution is -2.44. The van der Waals surface area contributed by atoms with Crippen molar-refractivity contribution in [2.45, 2.75) is 31.7 Å². The van der Waals surface area contributed by atoms with Gasteiger partial charge in [0.05, 0.1) is 4.90 Å². The molecule has 2 aromatic carbocycles. The number of furan rings is 1. The quantitative estimate of drug-likeness (QED) is 0.666. The Hall–Kier alpha value is -2.64. The molecule has 0 amide bonds. The zero-order valence-electron chi connectivity index (χ0n) is 15.3. The number of hydrogen-bond donors (Lipinski definition) is 2. The van der Waals surface area contributed by atoms with E-state index >= 15 is 0 Å². The Morgan fingerprint density at radius 2 is 1.85 bits per heavy atom. The van der Waals surface area contributed by atoms with Gasteiger partial charge in [-0.3, -0.25) is 4.79 Å². The molecule has 0 aliphatic carbocycles. The predicted molar refractivity (Wildman–Crippen MR) is 105 cm³/mol. The summed E-state index contributed by atoms with van der Waals surface area (Å²) in [6.45, 7) is 5.22. The molecule has 0 radical (unpaired) electrons. The molecule has 0 unspecified atom stereocenters. The molecule has 0 aliphatic rings. The third kappa shape index (κ3) is 3.74. The molecule has 2 N–H and O–H groups in total. The number of aliphatic carboxylic acids is 1. The van der Waals surface area contributed by atoms with Gasteiger partial charge in [-0.1, -0.05) is 32.1 Å². The molecule has 0 saturated carbocycles. The standard InChI is InChI=1S/C20H21NO5S/c1-4-5-13-6-9-17-16(10-13)15-8-7-14(11-18(15)26-17)27(24,25)21-19(12(2)3)20(22)23/h4-12,19,21H,1-3H3,(H,22,23)/t19-/m0/s1. The molecule has 27 heavy (non-hydrogen) atoms. The molecule has 0 bridgehead atoms. The van der Waals surface area contributed by atoms with Crippen molar-refractivity contribution >= 4 is 44.0 Å². The van der Waals surface area contributed by atoms with E-state index in [9.17, 15) is 18.3 Å². The Balaban J connectivity index is 2.05. The van der Waals surface area contributed by atoms with Crippen molar-refractivity contribution < 1.29 is 22.7 Å². The molecular weight excluding hydrogens is 366 g/mol. The van der Waals surface area contributed by atoms with Crippen LogP contribution in [0.25, 0.3) is 28.0 Å². The van der Waals surface area contributed by atoms with Crippen LogP contribution >= 0.6 is 0 Å². The monoisotopic (exact) mass is 387 g/mol. The first kappa shape index (κ1) is 19.1. The maximum atomic E-state index is 12.6. The number of nitrogens with one attached hydrogen (secondary N) is 1. The lowest BCUT2D eigenvalue weighted by Gasteiger charge is -2.17. The summed E-state index contributed by atoms with van der Waals surface area (Å²) in [5.41, 5.74) is 2.11. The van der Waals surface area contributed by atoms with Crippen LogP contribution in [-0.4, -0.2) is 25.5 Å². The molecule has 6 nitrogen and oxygen atoms in total. The van der Waals surface area contributed by atoms with Crippen molar-refractivity contribution in [3.05, 3.63) is 48.0 Å². The second-order valence-electron chi connectivity index (χ2n) is 6.70. The van der Waals surface area contributed by atoms with E-state index in [1.54, 1.807) is 19.9 Å². The number of carbonyl (C=O) groups is 1. The molecular formula is C20H21NO5S. The van der Waals surface area contributed by atoms with Gasteiger partial charge in [0.15, 0.2) is 0 Å². The lowest BCUT2D eigenvalue weighted by molar-refractivity contribution is -0.140. The van der Waals surface area contributed by atoms with Gasteiger partial charge in [0.2, 0.25) is 10.0 Å². The summed E-state index contributed by atoms with van der Waals surface area (Å²) in [5, 5.41) is 10.9. The first-order valence-corrected chi connectivity index (χ1v) is 10.1. The van der Waals surface area contributed by atoms with Crippen molar-refractivity contribution in [3.8, 4) is 0 Å². The number of allylic oxidation sites excluding steroid dienone is 1. The van der Waals surface area contributed by atoms with Crippen LogP contribution in [0.1, 0.15) is 26.3 Å². The van der Waals surface area contributed by atoms with Crippen molar-refractivity contribution in [3.63, 3.8) is 0 Å². The van der Waals surface area contributed by atoms with Gasteiger partial charge in [0, 0.05) is 16.8 Å². The summed E-state index contributed by atoms with van der Waals surface area (Å²) in [5.74, 6) is -1.60. The van der Waals surface area contributed by atoms with Gasteiger partial charge >= 0.3 is 5.97 Å². The second kappa shape index (κ2) is 7.17. The molecule has 3 rings (SSSR count). The smallest absolute Gasteiger partial charge is 0.322 e. The third-order valence-electron chi connectivity index (χ3n) is 4.35. The predicted octanol–water partition coefficient (Wildman–Crippen LogP) is 4.01. The average Bonchev–Trinajstić information content (AvgIpc) is 2.96. The average molecular weight is 387 g/mol. The summed E-state index contributed by atoms with van der Waals surface area (Å²) >= 11 is 0. The highest BCUT2D eigenvalue weighted by atomic mass is 32.2. The lowest BCUT2D eigenvalue weighted by atomic mass is 10.1. The fourth-order valence-corrected chi connectivity index (χ4v) is 4.30. The summed E-state index contributed by atoms with van der Waals surface area (Å²) in [4.78, 5) is 11.3. The van der Waals surface area contributed by atoms with Gasteiger partial charge in [-0.2, -0.15) is 4.72 Å². The van der Waals surface area contributed by atoms with Gasteiger partial charge in [0.1, 0.15) is 17.2 Å². The highest BCUT2D eigenvalue weighted by Gasteiger charge is 2.28. The maximum Gasteiger partial charge on any atom is 0.322 e. The topological polar surface area (TPSA) is 96.6 Å². The van der Waals surface area contributed by atoms with Gasteiger partial charge in [-0.25, -0.2) is 8.42 Å². The minimum absolute atomic E-state index is 0.0327. The number of carboxylic acid groups (broad SMARTS) is 1. The van der Waals surface area contributed by atoms with E-state index < -0.39 is 28.0 Å². The van der Waals surface area contributed by atoms with E-state index in [1.807, 2.05) is 37.3 Å². The van der Waals surface area contributed by atoms with Crippen LogP contribution in [0.15, 0.2) is 51.8 Å². The number of hydrogen-bond acceptors (Lipinski definition) is 4. The second-order valence-corrected chi connectivity index (χ2v) is 8.41. The van der Waals surface area contributed by atoms with Crippen LogP contribution in [0.4, 0.5) is 0 Å². The SMILES string of the molecule is CC=Cc1ccc2oc3cc(S(=O)(=O)N[C@H](C(=O)O)C(C)C)ccc3c2c1. The Bertz CT molecular complexity index is 1140. The Morgan fingerprint density at radius 3 is 2.48 bits per heavy atom. The fraction of sp³-hybridized carbons (Fsp3) is 0.250. The van der Waals surface area contributed by atoms with E-state index in [1.165, 1.54) is 12.1 Å². The summed E-state index contributed by atoms with van der Waals surface area (Å²) < 4.78 is 33.3. The van der Waals surface area contributed by atoms with Crippen LogP contribution in [-0.2, 0) is 14.8 Å². The largest absolute Gasteiger partial charge is 0.480 e. The van der Waals surface area contributed by atoms with Gasteiger partial charge in [-0.05, 0) is 42.7 Å². The molecule has 0 aliphatic heterocycles. The van der Waals surface area contributed by atoms with E-state index in [0.29, 0.717) is 11.2 Å². The molecule has 1 aromatic heterocycles. The normalized spacial score (nSPS) is 13.8. The van der Waals surface area contributed by atoms with Crippen LogP contribution in [0.5, 0.6) is 0 Å². The first-order chi connectivity index (χ1) is 12.7. The van der Waals surface area contributed by atoms with Gasteiger partial charge in [-0.15, -0.1) is 0 Å². The first-order valence-electron chi connectivity index (χ1n) is 8.57. The highest BCUT2D eigenvalue weighted by Crippen LogP contribution is 2.31. The molecule has 142 valence electrons. The Labute approximate surface area is 157 Å². The minimum Gasteiger partial charge on any atom is -0.480 e. The summed E-state index contributed by atoms with van der Waals surface area (Å²) in [7, 11) is -4.00. The van der Waals surface area contributed by atoms with E-state index in [4.69, 9.17) is 4.42 Å². The van der Waals surface area contributed by atoms with Crippen LogP contribution in [0, 0.1) is 5.92 Å². The van der Waals surface area contributed by atoms with E-state index in [0.717, 1.165) is 16.3 Å². The van der Waals surface area contributed by atoms with Crippen LogP contribution in [0.2, 0.25) is 0 Å². The Kier molecular flexibility index (Phi) is 5.08. The van der Waals surface area contributed by atoms with Gasteiger partial charge < -0.3 is 9.52 Å². The maximum absolute atomic E-state index is 12.6. The van der Waals surface area contributed by atoms with Crippen molar-refractivity contribution in [1.82, 2.24) is 4.72 Å². The molecule has 0 saturated heterocycles. The van der Waals surface area contributed by atoms with E-state index in [2.05, 4.69) is 4.72 Å². The van der Waals surface area contributed by atoms with Crippen molar-refractivity contribution in [2.24, 2.45) is 5.92 Å². The van der Waals surface area contributed by atoms with Crippen LogP contribution < -0.4 is 4.72 Å². The number of sulfonamides is 1. The molecule has 1 atom stereocenters. The molecule has 0 spiro atoms. The fourth-order valence-electron chi connectivity index (χ4n) is 2.95. The van der Waals surface area contributed by atoms with E-state index in [-0.39, 0.29) is 4.90 Å². The zero-order valence-corrected chi connectivity index (χ0v) is 16.1. The summed E-state index contributed by atoms with van der Waals surface area (Å²) in [6, 6.07) is 9.10. The number of benzene rings is 2. The molecule has 3 aromatic rings. The number of carboxylic acids is 1. The van der Waals surface area contributed by atoms with Crippen molar-refractivity contribution in [2.75, 3.05) is 0 Å². The molecule has 1 heterocycles. The minimum atomic E-state index is -4.00. The Morgan fingerprint density at radius 1 is 1.11 bits per heavy atom. The molecule has 0 fully saturated rings. The van der Waals surface area contributed by atoms with Crippen LogP contribution in [0.3, 0.4) is 0 Å². The molecule has 7 heteroatoms.